The van der Waals surface area contributed by atoms with Crippen molar-refractivity contribution in [3.63, 3.8) is 0 Å². The quantitative estimate of drug-likeness (QED) is 0.177. The molecule has 5 aromatic rings. The van der Waals surface area contributed by atoms with Gasteiger partial charge in [0.2, 0.25) is 5.91 Å². The molecule has 208 valence electrons. The first-order valence-corrected chi connectivity index (χ1v) is 13.7. The van der Waals surface area contributed by atoms with Crippen LogP contribution in [0.4, 0.5) is 19.0 Å². The number of nitrogens with two attached hydrogens (primary N) is 1. The minimum Gasteiger partial charge on any atom is -0.424 e. The highest BCUT2D eigenvalue weighted by Crippen LogP contribution is 2.49. The Morgan fingerprint density at radius 1 is 1.15 bits per heavy atom. The number of nitrogens with one attached hydrogen (secondary N) is 1. The lowest BCUT2D eigenvalue weighted by Crippen LogP contribution is -2.22. The molecule has 1 amide bonds. The van der Waals surface area contributed by atoms with Crippen molar-refractivity contribution in [1.82, 2.24) is 20.3 Å². The molecule has 7 nitrogen and oxygen atoms in total. The Hall–Kier alpha value is -4.29. The van der Waals surface area contributed by atoms with Gasteiger partial charge in [-0.2, -0.15) is 13.2 Å². The predicted molar refractivity (Wildman–Crippen MR) is 156 cm³/mol. The van der Waals surface area contributed by atoms with Gasteiger partial charge in [0.05, 0.1) is 14.7 Å². The van der Waals surface area contributed by atoms with Crippen LogP contribution in [-0.4, -0.2) is 20.9 Å². The monoisotopic (exact) mass is 639 g/mol. The van der Waals surface area contributed by atoms with E-state index in [4.69, 9.17) is 10.5 Å². The number of alkyl halides is 3. The van der Waals surface area contributed by atoms with Crippen molar-refractivity contribution in [2.24, 2.45) is 0 Å². The molecule has 5 rings (SSSR count). The number of aryl methyl sites for hydroxylation is 1. The summed E-state index contributed by atoms with van der Waals surface area (Å²) in [5, 5.41) is 3.03. The fourth-order valence-corrected chi connectivity index (χ4v) is 6.01. The number of hydrogen-bond acceptors (Lipinski definition) is 7. The van der Waals surface area contributed by atoms with E-state index in [2.05, 4.69) is 42.8 Å². The van der Waals surface area contributed by atoms with Gasteiger partial charge < -0.3 is 15.8 Å². The number of thiophene rings is 1. The van der Waals surface area contributed by atoms with E-state index in [0.717, 1.165) is 22.5 Å². The molecule has 3 N–H and O–H groups in total. The molecule has 0 unspecified atom stereocenters. The lowest BCUT2D eigenvalue weighted by Gasteiger charge is -2.15. The average Bonchev–Trinajstić information content (AvgIpc) is 3.36. The maximum Gasteiger partial charge on any atom is 0.416 e. The largest absolute Gasteiger partial charge is 0.424 e. The molecule has 3 aromatic heterocycles. The number of nitrogens with zero attached hydrogens (tertiary/aromatic N) is 3. The van der Waals surface area contributed by atoms with Gasteiger partial charge in [-0.15, -0.1) is 11.3 Å². The highest BCUT2D eigenvalue weighted by atomic mass is 79.9. The first-order chi connectivity index (χ1) is 19.5. The molecule has 2 aromatic carbocycles. The third kappa shape index (κ3) is 5.93. The Morgan fingerprint density at radius 2 is 1.88 bits per heavy atom. The molecule has 0 atom stereocenters. The number of carbonyl (C=O) groups is 1. The van der Waals surface area contributed by atoms with E-state index in [1.54, 1.807) is 48.8 Å². The summed E-state index contributed by atoms with van der Waals surface area (Å²) in [6.45, 7) is 4.86. The van der Waals surface area contributed by atoms with Crippen LogP contribution in [0, 0.1) is 6.92 Å². The molecule has 0 aliphatic carbocycles. The van der Waals surface area contributed by atoms with Crippen LogP contribution in [0.3, 0.4) is 0 Å². The van der Waals surface area contributed by atoms with Gasteiger partial charge in [0.15, 0.2) is 0 Å². The second-order valence-electron chi connectivity index (χ2n) is 8.90. The molecule has 41 heavy (non-hydrogen) atoms. The first-order valence-electron chi connectivity index (χ1n) is 12.1. The molecule has 0 saturated carbocycles. The van der Waals surface area contributed by atoms with Crippen LogP contribution in [0.5, 0.6) is 11.8 Å². The number of halogens is 4. The van der Waals surface area contributed by atoms with Crippen LogP contribution in [0.1, 0.15) is 16.8 Å². The number of nitrogen functional groups attached to an aromatic ring is 1. The maximum absolute atomic E-state index is 14.2. The minimum atomic E-state index is -4.65. The highest BCUT2D eigenvalue weighted by molar-refractivity contribution is 9.10. The van der Waals surface area contributed by atoms with Crippen molar-refractivity contribution in [2.75, 3.05) is 5.73 Å². The third-order valence-corrected chi connectivity index (χ3v) is 8.27. The maximum atomic E-state index is 14.2. The second kappa shape index (κ2) is 11.3. The van der Waals surface area contributed by atoms with Crippen LogP contribution >= 0.6 is 27.3 Å². The fraction of sp³-hybridized carbons (Fsp3) is 0.103. The number of ether oxygens (including phenoxy) is 1. The number of rotatable bonds is 7. The molecule has 0 spiro atoms. The molecular weight excluding hydrogens is 619 g/mol. The molecule has 0 bridgehead atoms. The molecule has 0 aliphatic rings. The van der Waals surface area contributed by atoms with E-state index in [1.165, 1.54) is 17.4 Å². The summed E-state index contributed by atoms with van der Waals surface area (Å²) < 4.78 is 49.7. The van der Waals surface area contributed by atoms with Crippen molar-refractivity contribution >= 4 is 49.1 Å². The van der Waals surface area contributed by atoms with Gasteiger partial charge in [-0.3, -0.25) is 4.79 Å². The zero-order valence-electron chi connectivity index (χ0n) is 21.4. The average molecular weight is 640 g/mol. The number of hydrogen-bond donors (Lipinski definition) is 2. The summed E-state index contributed by atoms with van der Waals surface area (Å²) in [5.41, 5.74) is 7.82. The van der Waals surface area contributed by atoms with Gasteiger partial charge in [-0.1, -0.05) is 30.8 Å². The summed E-state index contributed by atoms with van der Waals surface area (Å²) >= 11 is 4.81. The first kappa shape index (κ1) is 28.2. The van der Waals surface area contributed by atoms with Gasteiger partial charge in [0.25, 0.3) is 0 Å². The van der Waals surface area contributed by atoms with Crippen LogP contribution in [0.2, 0.25) is 0 Å². The number of pyridine rings is 1. The smallest absolute Gasteiger partial charge is 0.416 e. The van der Waals surface area contributed by atoms with Crippen molar-refractivity contribution in [3.05, 3.63) is 94.9 Å². The van der Waals surface area contributed by atoms with Gasteiger partial charge in [0.1, 0.15) is 11.6 Å². The van der Waals surface area contributed by atoms with E-state index in [1.807, 2.05) is 6.92 Å². The highest BCUT2D eigenvalue weighted by Gasteiger charge is 2.34. The van der Waals surface area contributed by atoms with Gasteiger partial charge in [-0.05, 0) is 69.9 Å². The predicted octanol–water partition coefficient (Wildman–Crippen LogP) is 7.69. The Balaban J connectivity index is 1.63. The van der Waals surface area contributed by atoms with E-state index in [0.29, 0.717) is 37.2 Å². The van der Waals surface area contributed by atoms with E-state index in [-0.39, 0.29) is 23.9 Å². The van der Waals surface area contributed by atoms with Gasteiger partial charge in [-0.25, -0.2) is 15.0 Å². The van der Waals surface area contributed by atoms with Crippen molar-refractivity contribution in [2.45, 2.75) is 19.6 Å². The lowest BCUT2D eigenvalue weighted by atomic mass is 9.96. The lowest BCUT2D eigenvalue weighted by molar-refractivity contribution is -0.138. The SMILES string of the molecule is C=CC(=O)NCc1ccc(-c2sc3c(Br)cnc(N)c3c2-c2ccc(Oc3nccc(C)n3)cc2)cc1C(F)(F)F. The topological polar surface area (TPSA) is 103 Å². The van der Waals surface area contributed by atoms with Crippen LogP contribution in [0.25, 0.3) is 31.7 Å². The van der Waals surface area contributed by atoms with Crippen LogP contribution in [-0.2, 0) is 17.5 Å². The number of aromatic nitrogens is 3. The summed E-state index contributed by atoms with van der Waals surface area (Å²) in [4.78, 5) is 24.8. The molecule has 0 radical (unpaired) electrons. The fourth-order valence-electron chi connectivity index (χ4n) is 4.23. The number of carbonyl (C=O) groups excluding carboxylic acids is 1. The van der Waals surface area contributed by atoms with Gasteiger partial charge >= 0.3 is 12.2 Å². The Labute approximate surface area is 245 Å². The summed E-state index contributed by atoms with van der Waals surface area (Å²) in [5.74, 6) is 0.162. The molecular formula is C29H21BrF3N5O2S. The Morgan fingerprint density at radius 3 is 2.56 bits per heavy atom. The van der Waals surface area contributed by atoms with E-state index in [9.17, 15) is 18.0 Å². The number of amides is 1. The Bertz CT molecular complexity index is 1790. The Kier molecular flexibility index (Phi) is 7.78. The molecule has 3 heterocycles. The van der Waals surface area contributed by atoms with Crippen LogP contribution < -0.4 is 15.8 Å². The summed E-state index contributed by atoms with van der Waals surface area (Å²) in [6.07, 6.45) is -0.491. The molecule has 12 heteroatoms. The zero-order chi connectivity index (χ0) is 29.3. The molecule has 0 aliphatic heterocycles. The number of fused-ring (bicyclic) bond motifs is 1. The second-order valence-corrected chi connectivity index (χ2v) is 10.8. The third-order valence-electron chi connectivity index (χ3n) is 6.14. The summed E-state index contributed by atoms with van der Waals surface area (Å²) in [7, 11) is 0. The van der Waals surface area contributed by atoms with Crippen molar-refractivity contribution < 1.29 is 22.7 Å². The van der Waals surface area contributed by atoms with Gasteiger partial charge in [0, 0.05) is 40.5 Å². The van der Waals surface area contributed by atoms with Crippen LogP contribution in [0.15, 0.2) is 78.1 Å². The van der Waals surface area contributed by atoms with E-state index < -0.39 is 17.6 Å². The van der Waals surface area contributed by atoms with Crippen molar-refractivity contribution in [1.29, 1.82) is 0 Å². The zero-order valence-corrected chi connectivity index (χ0v) is 23.8. The van der Waals surface area contributed by atoms with Crippen molar-refractivity contribution in [3.8, 4) is 33.3 Å². The summed E-state index contributed by atoms with van der Waals surface area (Å²) in [6, 6.07) is 13.0. The normalized spacial score (nSPS) is 11.4. The number of benzene rings is 2. The number of anilines is 1. The standard InChI is InChI=1S/C29H21BrF3N5O2S/c1-3-22(39)36-13-18-5-4-17(12-20(18)29(31,32)33)25-23(24-26(41-25)21(30)14-37-27(24)34)16-6-8-19(9-7-16)40-28-35-11-10-15(2)38-28/h3-12,14H,1,13H2,2H3,(H2,34,37)(H,36,39). The molecule has 0 fully saturated rings. The molecule has 0 saturated heterocycles. The minimum absolute atomic E-state index is 0.0682. The van der Waals surface area contributed by atoms with E-state index >= 15 is 0 Å².